The predicted molar refractivity (Wildman–Crippen MR) is 70.0 cm³/mol. The van der Waals surface area contributed by atoms with E-state index in [1.807, 2.05) is 0 Å². The van der Waals surface area contributed by atoms with Gasteiger partial charge in [0, 0.05) is 17.8 Å². The van der Waals surface area contributed by atoms with Crippen molar-refractivity contribution in [2.75, 3.05) is 5.73 Å². The van der Waals surface area contributed by atoms with Gasteiger partial charge in [0.05, 0.1) is 5.02 Å². The summed E-state index contributed by atoms with van der Waals surface area (Å²) in [5.74, 6) is -1.10. The third-order valence-electron chi connectivity index (χ3n) is 2.81. The number of rotatable bonds is 1. The fourth-order valence-electron chi connectivity index (χ4n) is 1.92. The zero-order valence-corrected chi connectivity index (χ0v) is 10.3. The molecule has 2 N–H and O–H groups in total. The Balaban J connectivity index is 2.28. The van der Waals surface area contributed by atoms with Gasteiger partial charge in [-0.25, -0.2) is 13.8 Å². The summed E-state index contributed by atoms with van der Waals surface area (Å²) >= 11 is 5.87. The van der Waals surface area contributed by atoms with Crippen LogP contribution in [0.3, 0.4) is 0 Å². The van der Waals surface area contributed by atoms with Crippen LogP contribution in [0.1, 0.15) is 0 Å². The maximum absolute atomic E-state index is 13.8. The maximum atomic E-state index is 13.8. The number of fused-ring (bicyclic) bond motifs is 1. The minimum Gasteiger partial charge on any atom is -0.383 e. The van der Waals surface area contributed by atoms with E-state index in [9.17, 15) is 8.78 Å². The highest BCUT2D eigenvalue weighted by Gasteiger charge is 2.15. The molecule has 0 saturated carbocycles. The predicted octanol–water partition coefficient (Wildman–Crippen LogP) is 3.52. The second-order valence-corrected chi connectivity index (χ2v) is 4.48. The molecule has 0 bridgehead atoms. The van der Waals surface area contributed by atoms with E-state index in [1.54, 1.807) is 22.7 Å². The molecule has 19 heavy (non-hydrogen) atoms. The Morgan fingerprint density at radius 3 is 2.68 bits per heavy atom. The SMILES string of the molecule is Nc1c(-c2ccc(F)cc2F)nc2ccc(Cl)cn12. The molecular weight excluding hydrogens is 272 g/mol. The van der Waals surface area contributed by atoms with E-state index in [-0.39, 0.29) is 17.1 Å². The van der Waals surface area contributed by atoms with Crippen molar-refractivity contribution in [2.45, 2.75) is 0 Å². The number of hydrogen-bond donors (Lipinski definition) is 1. The number of benzene rings is 1. The van der Waals surface area contributed by atoms with Gasteiger partial charge in [0.15, 0.2) is 0 Å². The number of aromatic nitrogens is 2. The number of halogens is 3. The minimum absolute atomic E-state index is 0.152. The smallest absolute Gasteiger partial charge is 0.139 e. The highest BCUT2D eigenvalue weighted by atomic mass is 35.5. The lowest BCUT2D eigenvalue weighted by molar-refractivity contribution is 0.585. The largest absolute Gasteiger partial charge is 0.383 e. The first kappa shape index (κ1) is 11.9. The highest BCUT2D eigenvalue weighted by molar-refractivity contribution is 6.30. The van der Waals surface area contributed by atoms with Crippen LogP contribution in [0, 0.1) is 11.6 Å². The Labute approximate surface area is 112 Å². The molecule has 0 amide bonds. The third kappa shape index (κ3) is 1.92. The monoisotopic (exact) mass is 279 g/mol. The molecule has 0 saturated heterocycles. The molecule has 0 aliphatic carbocycles. The van der Waals surface area contributed by atoms with Crippen LogP contribution in [-0.4, -0.2) is 9.38 Å². The third-order valence-corrected chi connectivity index (χ3v) is 3.03. The van der Waals surface area contributed by atoms with Crippen molar-refractivity contribution in [2.24, 2.45) is 0 Å². The van der Waals surface area contributed by atoms with Gasteiger partial charge in [-0.2, -0.15) is 0 Å². The van der Waals surface area contributed by atoms with Crippen LogP contribution in [0.5, 0.6) is 0 Å². The summed E-state index contributed by atoms with van der Waals surface area (Å²) in [4.78, 5) is 4.23. The van der Waals surface area contributed by atoms with E-state index < -0.39 is 11.6 Å². The molecular formula is C13H8ClF2N3. The van der Waals surface area contributed by atoms with Crippen LogP contribution < -0.4 is 5.73 Å². The van der Waals surface area contributed by atoms with Crippen LogP contribution in [-0.2, 0) is 0 Å². The Morgan fingerprint density at radius 2 is 1.95 bits per heavy atom. The molecule has 2 aromatic heterocycles. The van der Waals surface area contributed by atoms with E-state index >= 15 is 0 Å². The zero-order valence-electron chi connectivity index (χ0n) is 9.57. The summed E-state index contributed by atoms with van der Waals surface area (Å²) in [6, 6.07) is 6.60. The van der Waals surface area contributed by atoms with Crippen LogP contribution in [0.15, 0.2) is 36.5 Å². The van der Waals surface area contributed by atoms with Crippen molar-refractivity contribution in [1.82, 2.24) is 9.38 Å². The number of nitrogens with two attached hydrogens (primary N) is 1. The number of pyridine rings is 1. The van der Waals surface area contributed by atoms with Crippen molar-refractivity contribution < 1.29 is 8.78 Å². The molecule has 1 aromatic carbocycles. The van der Waals surface area contributed by atoms with Gasteiger partial charge in [-0.15, -0.1) is 0 Å². The van der Waals surface area contributed by atoms with Crippen molar-refractivity contribution in [3.05, 3.63) is 53.2 Å². The number of anilines is 1. The van der Waals surface area contributed by atoms with Gasteiger partial charge < -0.3 is 5.73 Å². The molecule has 0 unspecified atom stereocenters. The second kappa shape index (κ2) is 4.20. The lowest BCUT2D eigenvalue weighted by Gasteiger charge is -2.01. The molecule has 3 rings (SSSR count). The summed E-state index contributed by atoms with van der Waals surface area (Å²) in [6.45, 7) is 0. The van der Waals surface area contributed by atoms with E-state index in [1.165, 1.54) is 6.07 Å². The summed E-state index contributed by atoms with van der Waals surface area (Å²) in [6.07, 6.45) is 1.59. The molecule has 0 fully saturated rings. The molecule has 0 radical (unpaired) electrons. The van der Waals surface area contributed by atoms with Gasteiger partial charge in [0.2, 0.25) is 0 Å². The van der Waals surface area contributed by atoms with Crippen LogP contribution >= 0.6 is 11.6 Å². The molecule has 3 aromatic rings. The Bertz CT molecular complexity index is 783. The zero-order chi connectivity index (χ0) is 13.6. The van der Waals surface area contributed by atoms with Crippen molar-refractivity contribution >= 4 is 23.1 Å². The normalized spacial score (nSPS) is 11.1. The molecule has 3 nitrogen and oxygen atoms in total. The fraction of sp³-hybridized carbons (Fsp3) is 0. The maximum Gasteiger partial charge on any atom is 0.139 e. The first-order valence-electron chi connectivity index (χ1n) is 5.45. The molecule has 6 heteroatoms. The highest BCUT2D eigenvalue weighted by Crippen LogP contribution is 2.29. The van der Waals surface area contributed by atoms with Gasteiger partial charge in [-0.3, -0.25) is 4.40 Å². The van der Waals surface area contributed by atoms with Crippen LogP contribution in [0.25, 0.3) is 16.9 Å². The first-order chi connectivity index (χ1) is 9.06. The summed E-state index contributed by atoms with van der Waals surface area (Å²) in [5, 5.41) is 0.489. The van der Waals surface area contributed by atoms with Crippen molar-refractivity contribution in [1.29, 1.82) is 0 Å². The Morgan fingerprint density at radius 1 is 1.16 bits per heavy atom. The second-order valence-electron chi connectivity index (χ2n) is 4.05. The molecule has 0 atom stereocenters. The lowest BCUT2D eigenvalue weighted by atomic mass is 10.1. The quantitative estimate of drug-likeness (QED) is 0.741. The topological polar surface area (TPSA) is 43.3 Å². The number of nitrogen functional groups attached to an aromatic ring is 1. The van der Waals surface area contributed by atoms with Gasteiger partial charge in [-0.05, 0) is 24.3 Å². The van der Waals surface area contributed by atoms with Crippen LogP contribution in [0.4, 0.5) is 14.6 Å². The lowest BCUT2D eigenvalue weighted by Crippen LogP contribution is -1.95. The van der Waals surface area contributed by atoms with E-state index in [2.05, 4.69) is 4.98 Å². The minimum atomic E-state index is -0.707. The first-order valence-corrected chi connectivity index (χ1v) is 5.82. The number of nitrogens with zero attached hydrogens (tertiary/aromatic N) is 2. The number of hydrogen-bond acceptors (Lipinski definition) is 2. The van der Waals surface area contributed by atoms with E-state index in [4.69, 9.17) is 17.3 Å². The molecule has 2 heterocycles. The molecule has 0 aliphatic rings. The van der Waals surface area contributed by atoms with Gasteiger partial charge in [0.1, 0.15) is 28.8 Å². The van der Waals surface area contributed by atoms with Gasteiger partial charge in [-0.1, -0.05) is 11.6 Å². The number of imidazole rings is 1. The average Bonchev–Trinajstić information content (AvgIpc) is 2.67. The van der Waals surface area contributed by atoms with E-state index in [0.717, 1.165) is 12.1 Å². The van der Waals surface area contributed by atoms with Gasteiger partial charge >= 0.3 is 0 Å². The fourth-order valence-corrected chi connectivity index (χ4v) is 2.08. The van der Waals surface area contributed by atoms with Gasteiger partial charge in [0.25, 0.3) is 0 Å². The summed E-state index contributed by atoms with van der Waals surface area (Å²) in [5.41, 5.74) is 6.89. The van der Waals surface area contributed by atoms with E-state index in [0.29, 0.717) is 10.7 Å². The average molecular weight is 280 g/mol. The Hall–Kier alpha value is -2.14. The molecule has 0 spiro atoms. The molecule has 96 valence electrons. The molecule has 0 aliphatic heterocycles. The Kier molecular flexibility index (Phi) is 2.64. The van der Waals surface area contributed by atoms with Crippen molar-refractivity contribution in [3.63, 3.8) is 0 Å². The summed E-state index contributed by atoms with van der Waals surface area (Å²) in [7, 11) is 0. The summed E-state index contributed by atoms with van der Waals surface area (Å²) < 4.78 is 28.2. The van der Waals surface area contributed by atoms with Crippen molar-refractivity contribution in [3.8, 4) is 11.3 Å². The standard InChI is InChI=1S/C13H8ClF2N3/c14-7-1-4-11-18-12(13(17)19(11)6-7)9-3-2-8(15)5-10(9)16/h1-6H,17H2. The van der Waals surface area contributed by atoms with Crippen LogP contribution in [0.2, 0.25) is 5.02 Å².